The number of carboxylic acids is 1. The Labute approximate surface area is 97.0 Å². The van der Waals surface area contributed by atoms with Crippen molar-refractivity contribution in [3.8, 4) is 5.75 Å². The number of carbonyl (C=O) groups is 1. The van der Waals surface area contributed by atoms with Gasteiger partial charge in [-0.15, -0.1) is 0 Å². The Hall–Kier alpha value is -1.68. The van der Waals surface area contributed by atoms with Crippen molar-refractivity contribution in [2.24, 2.45) is 7.05 Å². The van der Waals surface area contributed by atoms with Crippen molar-refractivity contribution >= 4 is 28.5 Å². The summed E-state index contributed by atoms with van der Waals surface area (Å²) in [5.41, 5.74) is 0.968. The number of benzene rings is 1. The molecule has 0 aliphatic rings. The normalized spacial score (nSPS) is 10.7. The highest BCUT2D eigenvalue weighted by molar-refractivity contribution is 6.33. The second-order valence-electron chi connectivity index (χ2n) is 3.43. The minimum absolute atomic E-state index is 0.192. The fraction of sp³-hybridized carbons (Fsp3) is 0.182. The number of aryl methyl sites for hydroxylation is 1. The molecule has 0 saturated carbocycles. The van der Waals surface area contributed by atoms with Crippen molar-refractivity contribution in [2.45, 2.75) is 0 Å². The summed E-state index contributed by atoms with van der Waals surface area (Å²) in [6.45, 7) is 0. The Morgan fingerprint density at radius 1 is 1.50 bits per heavy atom. The van der Waals surface area contributed by atoms with Gasteiger partial charge in [0, 0.05) is 13.2 Å². The van der Waals surface area contributed by atoms with Crippen LogP contribution in [0.3, 0.4) is 0 Å². The number of fused-ring (bicyclic) bond motifs is 1. The van der Waals surface area contributed by atoms with Gasteiger partial charge in [-0.05, 0) is 12.1 Å². The lowest BCUT2D eigenvalue weighted by Crippen LogP contribution is -1.95. The molecule has 0 fully saturated rings. The third-order valence-corrected chi connectivity index (χ3v) is 2.79. The third kappa shape index (κ3) is 1.42. The summed E-state index contributed by atoms with van der Waals surface area (Å²) in [6, 6.07) is 3.46. The van der Waals surface area contributed by atoms with Gasteiger partial charge in [0.05, 0.1) is 28.6 Å². The first-order valence-electron chi connectivity index (χ1n) is 4.61. The van der Waals surface area contributed by atoms with Crippen LogP contribution >= 0.6 is 11.6 Å². The number of rotatable bonds is 2. The Morgan fingerprint density at radius 2 is 2.19 bits per heavy atom. The smallest absolute Gasteiger partial charge is 0.338 e. The predicted octanol–water partition coefficient (Wildman–Crippen LogP) is 2.54. The first-order valence-corrected chi connectivity index (χ1v) is 4.99. The summed E-state index contributed by atoms with van der Waals surface area (Å²) in [4.78, 5) is 11.1. The monoisotopic (exact) mass is 239 g/mol. The lowest BCUT2D eigenvalue weighted by atomic mass is 10.1. The van der Waals surface area contributed by atoms with E-state index in [0.717, 1.165) is 5.52 Å². The van der Waals surface area contributed by atoms with E-state index in [1.807, 2.05) is 0 Å². The summed E-state index contributed by atoms with van der Waals surface area (Å²) in [6.07, 6.45) is 1.55. The number of halogens is 1. The van der Waals surface area contributed by atoms with Gasteiger partial charge in [-0.25, -0.2) is 4.79 Å². The van der Waals surface area contributed by atoms with Crippen LogP contribution in [0.25, 0.3) is 10.9 Å². The van der Waals surface area contributed by atoms with Gasteiger partial charge in [0.2, 0.25) is 0 Å². The topological polar surface area (TPSA) is 51.5 Å². The maximum absolute atomic E-state index is 11.1. The largest absolute Gasteiger partial charge is 0.494 e. The molecule has 4 nitrogen and oxygen atoms in total. The molecule has 16 heavy (non-hydrogen) atoms. The number of aromatic carboxylic acids is 1. The Morgan fingerprint density at radius 3 is 2.75 bits per heavy atom. The van der Waals surface area contributed by atoms with Crippen molar-refractivity contribution in [1.82, 2.24) is 4.57 Å². The van der Waals surface area contributed by atoms with Crippen molar-refractivity contribution in [1.29, 1.82) is 0 Å². The van der Waals surface area contributed by atoms with Gasteiger partial charge >= 0.3 is 5.97 Å². The molecule has 0 aliphatic carbocycles. The van der Waals surface area contributed by atoms with Gasteiger partial charge in [-0.1, -0.05) is 11.6 Å². The molecule has 1 aromatic heterocycles. The van der Waals surface area contributed by atoms with E-state index in [9.17, 15) is 4.79 Å². The zero-order valence-corrected chi connectivity index (χ0v) is 9.58. The van der Waals surface area contributed by atoms with E-state index in [0.29, 0.717) is 16.2 Å². The van der Waals surface area contributed by atoms with Crippen molar-refractivity contribution in [3.05, 3.63) is 28.9 Å². The quantitative estimate of drug-likeness (QED) is 0.876. The SMILES string of the molecule is COc1c(Cl)ccc2c1c(C(=O)O)cn2C. The van der Waals surface area contributed by atoms with E-state index in [2.05, 4.69) is 0 Å². The van der Waals surface area contributed by atoms with E-state index in [4.69, 9.17) is 21.4 Å². The first-order chi connectivity index (χ1) is 7.56. The predicted molar refractivity (Wildman–Crippen MR) is 61.4 cm³/mol. The molecule has 0 aliphatic heterocycles. The summed E-state index contributed by atoms with van der Waals surface area (Å²) in [5, 5.41) is 10.0. The molecule has 0 bridgehead atoms. The molecule has 1 heterocycles. The van der Waals surface area contributed by atoms with Gasteiger partial charge < -0.3 is 14.4 Å². The molecule has 1 aromatic carbocycles. The first kappa shape index (κ1) is 10.8. The Kier molecular flexibility index (Phi) is 2.52. The molecule has 0 radical (unpaired) electrons. The molecule has 0 unspecified atom stereocenters. The van der Waals surface area contributed by atoms with E-state index in [1.165, 1.54) is 7.11 Å². The molecule has 0 saturated heterocycles. The number of methoxy groups -OCH3 is 1. The molecule has 2 rings (SSSR count). The molecule has 84 valence electrons. The van der Waals surface area contributed by atoms with E-state index in [-0.39, 0.29) is 5.56 Å². The molecule has 0 atom stereocenters. The lowest BCUT2D eigenvalue weighted by Gasteiger charge is -2.05. The maximum atomic E-state index is 11.1. The Bertz CT molecular complexity index is 574. The van der Waals surface area contributed by atoms with E-state index in [1.54, 1.807) is 29.9 Å². The molecular weight excluding hydrogens is 230 g/mol. The highest BCUT2D eigenvalue weighted by Crippen LogP contribution is 2.36. The van der Waals surface area contributed by atoms with Crippen LogP contribution in [0.2, 0.25) is 5.02 Å². The van der Waals surface area contributed by atoms with Gasteiger partial charge in [0.25, 0.3) is 0 Å². The molecule has 0 spiro atoms. The van der Waals surface area contributed by atoms with Crippen LogP contribution in [0.1, 0.15) is 10.4 Å². The van der Waals surface area contributed by atoms with Crippen LogP contribution in [0.15, 0.2) is 18.3 Å². The number of aromatic nitrogens is 1. The van der Waals surface area contributed by atoms with Gasteiger partial charge in [-0.2, -0.15) is 0 Å². The number of ether oxygens (including phenoxy) is 1. The lowest BCUT2D eigenvalue weighted by molar-refractivity contribution is 0.0698. The van der Waals surface area contributed by atoms with Gasteiger partial charge in [0.15, 0.2) is 0 Å². The van der Waals surface area contributed by atoms with Crippen LogP contribution < -0.4 is 4.74 Å². The second kappa shape index (κ2) is 3.72. The minimum atomic E-state index is -0.994. The number of hydrogen-bond acceptors (Lipinski definition) is 2. The number of hydrogen-bond donors (Lipinski definition) is 1. The molecule has 5 heteroatoms. The zero-order valence-electron chi connectivity index (χ0n) is 8.82. The highest BCUT2D eigenvalue weighted by atomic mass is 35.5. The molecular formula is C11H10ClNO3. The van der Waals surface area contributed by atoms with E-state index < -0.39 is 5.97 Å². The average Bonchev–Trinajstić information content (AvgIpc) is 2.56. The van der Waals surface area contributed by atoms with Gasteiger partial charge in [0.1, 0.15) is 5.75 Å². The standard InChI is InChI=1S/C11H10ClNO3/c1-13-5-6(11(14)15)9-8(13)4-3-7(12)10(9)16-2/h3-5H,1-2H3,(H,14,15). The fourth-order valence-corrected chi connectivity index (χ4v) is 2.03. The summed E-state index contributed by atoms with van der Waals surface area (Å²) in [7, 11) is 3.25. The molecule has 2 aromatic rings. The highest BCUT2D eigenvalue weighted by Gasteiger charge is 2.18. The molecule has 0 amide bonds. The van der Waals surface area contributed by atoms with Crippen LogP contribution in [-0.2, 0) is 7.05 Å². The fourth-order valence-electron chi connectivity index (χ4n) is 1.79. The summed E-state index contributed by atoms with van der Waals surface area (Å²) in [5.74, 6) is -0.594. The molecule has 1 N–H and O–H groups in total. The van der Waals surface area contributed by atoms with Crippen molar-refractivity contribution in [3.63, 3.8) is 0 Å². The average molecular weight is 240 g/mol. The van der Waals surface area contributed by atoms with Gasteiger partial charge in [-0.3, -0.25) is 0 Å². The summed E-state index contributed by atoms with van der Waals surface area (Å²) >= 11 is 5.96. The van der Waals surface area contributed by atoms with Crippen LogP contribution in [0, 0.1) is 0 Å². The minimum Gasteiger partial charge on any atom is -0.494 e. The number of carboxylic acid groups (broad SMARTS) is 1. The van der Waals surface area contributed by atoms with Crippen molar-refractivity contribution in [2.75, 3.05) is 7.11 Å². The maximum Gasteiger partial charge on any atom is 0.338 e. The second-order valence-corrected chi connectivity index (χ2v) is 3.84. The zero-order chi connectivity index (χ0) is 11.9. The number of nitrogens with zero attached hydrogens (tertiary/aromatic N) is 1. The van der Waals surface area contributed by atoms with E-state index >= 15 is 0 Å². The Balaban J connectivity index is 2.93. The van der Waals surface area contributed by atoms with Crippen molar-refractivity contribution < 1.29 is 14.6 Å². The third-order valence-electron chi connectivity index (χ3n) is 2.49. The van der Waals surface area contributed by atoms with Crippen LogP contribution in [0.5, 0.6) is 5.75 Å². The van der Waals surface area contributed by atoms with Crippen LogP contribution in [0.4, 0.5) is 0 Å². The summed E-state index contributed by atoms with van der Waals surface area (Å²) < 4.78 is 6.89. The van der Waals surface area contributed by atoms with Crippen LogP contribution in [-0.4, -0.2) is 22.8 Å².